The lowest BCUT2D eigenvalue weighted by Crippen LogP contribution is -2.54. The Balaban J connectivity index is 0.875. The van der Waals surface area contributed by atoms with Crippen molar-refractivity contribution in [2.45, 2.75) is 18.9 Å². The van der Waals surface area contributed by atoms with Gasteiger partial charge in [-0.1, -0.05) is 18.2 Å². The minimum atomic E-state index is -3.43. The summed E-state index contributed by atoms with van der Waals surface area (Å²) in [6.45, 7) is 3.91. The minimum absolute atomic E-state index is 0.0503. The number of ether oxygens (including phenoxy) is 2. The number of nitrogens with zero attached hydrogens (tertiary/aromatic N) is 6. The molecule has 0 radical (unpaired) electrons. The van der Waals surface area contributed by atoms with Crippen molar-refractivity contribution in [1.29, 1.82) is 0 Å². The molecule has 5 heterocycles. The molecule has 1 unspecified atom stereocenters. The Morgan fingerprint density at radius 1 is 0.912 bits per heavy atom. The number of methoxy groups -OCH3 is 1. The fraction of sp³-hybridized carbons (Fsp3) is 0.282. The van der Waals surface area contributed by atoms with E-state index in [-0.39, 0.29) is 36.3 Å². The third-order valence-corrected chi connectivity index (χ3v) is 10.7. The van der Waals surface area contributed by atoms with Crippen LogP contribution in [0.3, 0.4) is 0 Å². The molecule has 3 aromatic carbocycles. The third-order valence-electron chi connectivity index (χ3n) is 10.1. The Kier molecular flexibility index (Phi) is 9.97. The van der Waals surface area contributed by atoms with Gasteiger partial charge in [0.1, 0.15) is 24.1 Å². The first-order valence-electron chi connectivity index (χ1n) is 18.3. The van der Waals surface area contributed by atoms with Gasteiger partial charge in [0.15, 0.2) is 0 Å². The summed E-state index contributed by atoms with van der Waals surface area (Å²) < 4.78 is 39.6. The predicted molar refractivity (Wildman–Crippen MR) is 210 cm³/mol. The van der Waals surface area contributed by atoms with Crippen molar-refractivity contribution in [1.82, 2.24) is 29.7 Å². The summed E-state index contributed by atoms with van der Waals surface area (Å²) in [4.78, 5) is 60.6. The number of anilines is 4. The van der Waals surface area contributed by atoms with Crippen LogP contribution in [-0.2, 0) is 19.6 Å². The van der Waals surface area contributed by atoms with E-state index < -0.39 is 39.7 Å². The van der Waals surface area contributed by atoms with Gasteiger partial charge in [0, 0.05) is 62.1 Å². The molecule has 5 aromatic rings. The average Bonchev–Trinajstić information content (AvgIpc) is 3.72. The SMILES string of the molecule is COc1cc(N2CCN(CCOc3cccc4c3C(=O)N(C3CCC(=O)NC3=O)C4=O)CC2)ccc1Nc1ncc2ccc(-c3cccc(NS(C)(=O)=O)c3)n2n1. The number of carbonyl (C=O) groups excluding carboxylic acids is 4. The van der Waals surface area contributed by atoms with Crippen LogP contribution in [0.2, 0.25) is 0 Å². The molecular weight excluding hydrogens is 755 g/mol. The maximum absolute atomic E-state index is 13.4. The van der Waals surface area contributed by atoms with Crippen molar-refractivity contribution in [2.75, 3.05) is 67.6 Å². The zero-order chi connectivity index (χ0) is 39.8. The first-order chi connectivity index (χ1) is 27.5. The molecule has 4 amide bonds. The van der Waals surface area contributed by atoms with Crippen LogP contribution in [0.15, 0.2) is 79.0 Å². The van der Waals surface area contributed by atoms with E-state index >= 15 is 0 Å². The fourth-order valence-electron chi connectivity index (χ4n) is 7.35. The van der Waals surface area contributed by atoms with E-state index in [1.54, 1.807) is 54.2 Å². The third kappa shape index (κ3) is 7.68. The smallest absolute Gasteiger partial charge is 0.266 e. The molecule has 57 heavy (non-hydrogen) atoms. The van der Waals surface area contributed by atoms with Gasteiger partial charge in [-0.15, -0.1) is 5.10 Å². The fourth-order valence-corrected chi connectivity index (χ4v) is 7.91. The van der Waals surface area contributed by atoms with Gasteiger partial charge in [-0.2, -0.15) is 0 Å². The van der Waals surface area contributed by atoms with Crippen molar-refractivity contribution in [3.63, 3.8) is 0 Å². The maximum atomic E-state index is 13.4. The molecule has 2 saturated heterocycles. The Morgan fingerprint density at radius 3 is 2.49 bits per heavy atom. The first-order valence-corrected chi connectivity index (χ1v) is 20.2. The van der Waals surface area contributed by atoms with Gasteiger partial charge in [0.05, 0.1) is 47.6 Å². The number of imide groups is 2. The zero-order valence-electron chi connectivity index (χ0n) is 31.1. The number of piperidine rings is 1. The van der Waals surface area contributed by atoms with E-state index in [1.165, 1.54) is 0 Å². The molecule has 294 valence electrons. The first kappa shape index (κ1) is 37.4. The Bertz CT molecular complexity index is 2530. The molecule has 17 nitrogen and oxygen atoms in total. The van der Waals surface area contributed by atoms with Gasteiger partial charge in [0.25, 0.3) is 11.8 Å². The zero-order valence-corrected chi connectivity index (χ0v) is 31.9. The van der Waals surface area contributed by atoms with Crippen LogP contribution in [0.25, 0.3) is 16.8 Å². The maximum Gasteiger partial charge on any atom is 0.266 e. The van der Waals surface area contributed by atoms with Crippen LogP contribution >= 0.6 is 0 Å². The van der Waals surface area contributed by atoms with E-state index in [9.17, 15) is 27.6 Å². The normalized spacial score (nSPS) is 17.5. The second-order valence-electron chi connectivity index (χ2n) is 13.9. The van der Waals surface area contributed by atoms with E-state index in [4.69, 9.17) is 14.6 Å². The minimum Gasteiger partial charge on any atom is -0.494 e. The number of aromatic nitrogens is 3. The van der Waals surface area contributed by atoms with Crippen molar-refractivity contribution in [3.05, 3.63) is 90.1 Å². The van der Waals surface area contributed by atoms with Gasteiger partial charge < -0.3 is 19.7 Å². The molecule has 3 aliphatic heterocycles. The van der Waals surface area contributed by atoms with Gasteiger partial charge >= 0.3 is 0 Å². The molecule has 2 aromatic heterocycles. The predicted octanol–water partition coefficient (Wildman–Crippen LogP) is 3.12. The van der Waals surface area contributed by atoms with Crippen LogP contribution in [-0.4, -0.2) is 115 Å². The quantitative estimate of drug-likeness (QED) is 0.156. The second-order valence-corrected chi connectivity index (χ2v) is 15.7. The van der Waals surface area contributed by atoms with Gasteiger partial charge in [-0.3, -0.25) is 39.0 Å². The van der Waals surface area contributed by atoms with E-state index in [0.29, 0.717) is 29.6 Å². The number of rotatable bonds is 12. The lowest BCUT2D eigenvalue weighted by Gasteiger charge is -2.36. The summed E-state index contributed by atoms with van der Waals surface area (Å²) in [6, 6.07) is 20.6. The van der Waals surface area contributed by atoms with Crippen LogP contribution in [0, 0.1) is 0 Å². The molecule has 0 bridgehead atoms. The molecule has 0 aliphatic carbocycles. The number of carbonyl (C=O) groups is 4. The number of piperazine rings is 1. The van der Waals surface area contributed by atoms with Crippen molar-refractivity contribution < 1.29 is 37.1 Å². The molecule has 3 aliphatic rings. The number of nitrogens with one attached hydrogen (secondary N) is 3. The van der Waals surface area contributed by atoms with Crippen LogP contribution in [0.4, 0.5) is 23.0 Å². The second kappa shape index (κ2) is 15.2. The molecule has 8 rings (SSSR count). The van der Waals surface area contributed by atoms with Crippen molar-refractivity contribution in [3.8, 4) is 22.8 Å². The number of hydrogen-bond donors (Lipinski definition) is 3. The van der Waals surface area contributed by atoms with Gasteiger partial charge in [0.2, 0.25) is 27.8 Å². The van der Waals surface area contributed by atoms with E-state index in [1.807, 2.05) is 36.4 Å². The molecule has 18 heteroatoms. The topological polar surface area (TPSA) is 197 Å². The highest BCUT2D eigenvalue weighted by atomic mass is 32.2. The summed E-state index contributed by atoms with van der Waals surface area (Å²) in [7, 11) is -1.83. The number of benzene rings is 3. The highest BCUT2D eigenvalue weighted by Gasteiger charge is 2.46. The van der Waals surface area contributed by atoms with Crippen molar-refractivity contribution >= 4 is 62.2 Å². The van der Waals surface area contributed by atoms with Crippen LogP contribution < -0.4 is 29.7 Å². The number of sulfonamides is 1. The van der Waals surface area contributed by atoms with Crippen molar-refractivity contribution in [2.24, 2.45) is 0 Å². The Hall–Kier alpha value is -6.53. The Labute approximate surface area is 327 Å². The summed E-state index contributed by atoms with van der Waals surface area (Å²) in [5, 5.41) is 10.2. The monoisotopic (exact) mass is 793 g/mol. The van der Waals surface area contributed by atoms with E-state index in [2.05, 4.69) is 30.1 Å². The standard InChI is InChI=1S/C39H39N9O8S/c1-55-33-22-26(9-11-29(33)41-39-40-23-27-10-12-30(48(27)43-39)24-5-3-6-25(21-24)44-57(2,53)54)46-17-15-45(16-18-46)19-20-56-32-8-4-7-28-35(32)38(52)47(37(28)51)31-13-14-34(49)42-36(31)50/h3-12,21-23,31,44H,13-20H2,1-2H3,(H,41,43)(H,42,49,50). The number of amides is 4. The Morgan fingerprint density at radius 2 is 1.72 bits per heavy atom. The largest absolute Gasteiger partial charge is 0.494 e. The van der Waals surface area contributed by atoms with Crippen LogP contribution in [0.5, 0.6) is 11.5 Å². The van der Waals surface area contributed by atoms with Crippen LogP contribution in [0.1, 0.15) is 33.6 Å². The lowest BCUT2D eigenvalue weighted by molar-refractivity contribution is -0.136. The molecule has 3 N–H and O–H groups in total. The molecule has 1 atom stereocenters. The molecule has 0 saturated carbocycles. The summed E-state index contributed by atoms with van der Waals surface area (Å²) in [5.74, 6) is -1.01. The van der Waals surface area contributed by atoms with E-state index in [0.717, 1.165) is 59.8 Å². The summed E-state index contributed by atoms with van der Waals surface area (Å²) in [6.07, 6.45) is 2.94. The average molecular weight is 794 g/mol. The highest BCUT2D eigenvalue weighted by Crippen LogP contribution is 2.35. The molecule has 0 spiro atoms. The number of hydrogen-bond acceptors (Lipinski definition) is 13. The summed E-state index contributed by atoms with van der Waals surface area (Å²) >= 11 is 0. The molecule has 2 fully saturated rings. The number of fused-ring (bicyclic) bond motifs is 2. The van der Waals surface area contributed by atoms with Gasteiger partial charge in [-0.05, 0) is 55.0 Å². The van der Waals surface area contributed by atoms with Gasteiger partial charge in [-0.25, -0.2) is 17.9 Å². The molecular formula is C39H39N9O8S. The lowest BCUT2D eigenvalue weighted by atomic mass is 10.0. The summed E-state index contributed by atoms with van der Waals surface area (Å²) in [5.41, 5.74) is 4.73. The highest BCUT2D eigenvalue weighted by molar-refractivity contribution is 7.92.